The van der Waals surface area contributed by atoms with E-state index in [4.69, 9.17) is 4.42 Å². The average Bonchev–Trinajstić information content (AvgIpc) is 3.60. The van der Waals surface area contributed by atoms with Crippen LogP contribution in [0.15, 0.2) is 205 Å². The topological polar surface area (TPSA) is 16.4 Å². The lowest BCUT2D eigenvalue weighted by molar-refractivity contribution is 0.673. The van der Waals surface area contributed by atoms with E-state index in [1.807, 2.05) is 0 Å². The zero-order valence-electron chi connectivity index (χ0n) is 28.4. The summed E-state index contributed by atoms with van der Waals surface area (Å²) in [6.45, 7) is 0. The van der Waals surface area contributed by atoms with Crippen molar-refractivity contribution in [3.8, 4) is 33.4 Å². The maximum Gasteiger partial charge on any atom is 0.145 e. The molecule has 1 aromatic heterocycles. The molecular formula is C50H33NO. The number of furan rings is 1. The highest BCUT2D eigenvalue weighted by atomic mass is 16.3. The first-order chi connectivity index (χ1) is 25.8. The van der Waals surface area contributed by atoms with E-state index in [2.05, 4.69) is 205 Å². The summed E-state index contributed by atoms with van der Waals surface area (Å²) in [6.07, 6.45) is 0. The van der Waals surface area contributed by atoms with Gasteiger partial charge in [-0.15, -0.1) is 0 Å². The molecule has 0 saturated carbocycles. The van der Waals surface area contributed by atoms with Gasteiger partial charge in [0, 0.05) is 27.2 Å². The molecule has 0 spiro atoms. The average molecular weight is 664 g/mol. The highest BCUT2D eigenvalue weighted by Gasteiger charge is 2.21. The van der Waals surface area contributed by atoms with Crippen molar-refractivity contribution < 1.29 is 4.42 Å². The van der Waals surface area contributed by atoms with E-state index in [0.717, 1.165) is 55.3 Å². The SMILES string of the molecule is c1ccc(-c2ccc(-c3ccc(N(c4cccc5ccccc45)c4cccc5ccc6c7ccc(-c8ccccc8)cc7oc6c45)cc3)cc2)cc1. The Hall–Kier alpha value is -6.90. The molecule has 244 valence electrons. The van der Waals surface area contributed by atoms with Gasteiger partial charge in [0.15, 0.2) is 0 Å². The minimum Gasteiger partial charge on any atom is -0.455 e. The van der Waals surface area contributed by atoms with E-state index >= 15 is 0 Å². The van der Waals surface area contributed by atoms with Gasteiger partial charge in [-0.05, 0) is 86.6 Å². The van der Waals surface area contributed by atoms with Gasteiger partial charge in [-0.3, -0.25) is 0 Å². The van der Waals surface area contributed by atoms with E-state index in [1.165, 1.54) is 38.6 Å². The number of anilines is 3. The molecule has 9 aromatic carbocycles. The Morgan fingerprint density at radius 1 is 0.327 bits per heavy atom. The minimum atomic E-state index is 0.887. The summed E-state index contributed by atoms with van der Waals surface area (Å²) in [5.41, 5.74) is 12.2. The lowest BCUT2D eigenvalue weighted by Crippen LogP contribution is -2.11. The second kappa shape index (κ2) is 12.5. The Kier molecular flexibility index (Phi) is 7.18. The van der Waals surface area contributed by atoms with E-state index in [1.54, 1.807) is 0 Å². The zero-order valence-corrected chi connectivity index (χ0v) is 28.4. The van der Waals surface area contributed by atoms with Crippen molar-refractivity contribution in [2.75, 3.05) is 4.90 Å². The monoisotopic (exact) mass is 663 g/mol. The summed E-state index contributed by atoms with van der Waals surface area (Å²) in [5.74, 6) is 0. The summed E-state index contributed by atoms with van der Waals surface area (Å²) in [5, 5.41) is 6.83. The third-order valence-corrected chi connectivity index (χ3v) is 10.3. The standard InChI is InChI=1S/C50H33NO/c1-3-11-34(12-4-1)36-21-23-37(24-22-36)38-25-29-42(30-26-38)51(46-19-9-16-39-15-7-8-18-43(39)46)47-20-10-17-40-27-32-45-44-31-28-41(35-13-5-2-6-14-35)33-48(44)52-50(45)49(40)47/h1-33H. The number of fused-ring (bicyclic) bond motifs is 6. The second-order valence-electron chi connectivity index (χ2n) is 13.3. The van der Waals surface area contributed by atoms with E-state index in [9.17, 15) is 0 Å². The van der Waals surface area contributed by atoms with Crippen molar-refractivity contribution in [2.45, 2.75) is 0 Å². The van der Waals surface area contributed by atoms with Gasteiger partial charge in [-0.1, -0.05) is 158 Å². The first-order valence-electron chi connectivity index (χ1n) is 17.8. The summed E-state index contributed by atoms with van der Waals surface area (Å²) in [4.78, 5) is 2.40. The van der Waals surface area contributed by atoms with Crippen molar-refractivity contribution in [3.05, 3.63) is 200 Å². The predicted molar refractivity (Wildman–Crippen MR) is 220 cm³/mol. The van der Waals surface area contributed by atoms with Gasteiger partial charge in [0.2, 0.25) is 0 Å². The quantitative estimate of drug-likeness (QED) is 0.176. The normalized spacial score (nSPS) is 11.5. The van der Waals surface area contributed by atoms with Crippen LogP contribution in [0.4, 0.5) is 17.1 Å². The van der Waals surface area contributed by atoms with Crippen molar-refractivity contribution in [3.63, 3.8) is 0 Å². The molecule has 0 N–H and O–H groups in total. The molecule has 2 nitrogen and oxygen atoms in total. The van der Waals surface area contributed by atoms with Crippen LogP contribution in [0, 0.1) is 0 Å². The Balaban J connectivity index is 1.15. The summed E-state index contributed by atoms with van der Waals surface area (Å²) >= 11 is 0. The van der Waals surface area contributed by atoms with Crippen molar-refractivity contribution in [1.29, 1.82) is 0 Å². The lowest BCUT2D eigenvalue weighted by atomic mass is 9.99. The third-order valence-electron chi connectivity index (χ3n) is 10.3. The minimum absolute atomic E-state index is 0.887. The van der Waals surface area contributed by atoms with Gasteiger partial charge in [0.05, 0.1) is 11.4 Å². The molecule has 0 bridgehead atoms. The molecule has 0 saturated heterocycles. The first kappa shape index (κ1) is 30.0. The van der Waals surface area contributed by atoms with Crippen LogP contribution in [0.5, 0.6) is 0 Å². The fraction of sp³-hybridized carbons (Fsp3) is 0. The highest BCUT2D eigenvalue weighted by Crippen LogP contribution is 2.46. The van der Waals surface area contributed by atoms with Crippen molar-refractivity contribution in [1.82, 2.24) is 0 Å². The molecule has 1 heterocycles. The summed E-state index contributed by atoms with van der Waals surface area (Å²) in [7, 11) is 0. The molecule has 0 amide bonds. The molecule has 52 heavy (non-hydrogen) atoms. The van der Waals surface area contributed by atoms with Crippen LogP contribution in [0.25, 0.3) is 76.9 Å². The number of hydrogen-bond donors (Lipinski definition) is 0. The number of hydrogen-bond acceptors (Lipinski definition) is 2. The first-order valence-corrected chi connectivity index (χ1v) is 17.8. The van der Waals surface area contributed by atoms with Crippen LogP contribution in [0.3, 0.4) is 0 Å². The largest absolute Gasteiger partial charge is 0.455 e. The summed E-state index contributed by atoms with van der Waals surface area (Å²) < 4.78 is 6.87. The molecular weight excluding hydrogens is 631 g/mol. The molecule has 0 unspecified atom stereocenters. The van der Waals surface area contributed by atoms with Gasteiger partial charge in [0.25, 0.3) is 0 Å². The van der Waals surface area contributed by atoms with Crippen LogP contribution < -0.4 is 4.90 Å². The van der Waals surface area contributed by atoms with E-state index in [-0.39, 0.29) is 0 Å². The maximum atomic E-state index is 6.87. The van der Waals surface area contributed by atoms with E-state index < -0.39 is 0 Å². The molecule has 0 radical (unpaired) electrons. The van der Waals surface area contributed by atoms with Gasteiger partial charge >= 0.3 is 0 Å². The zero-order chi connectivity index (χ0) is 34.4. The molecule has 0 fully saturated rings. The van der Waals surface area contributed by atoms with Gasteiger partial charge < -0.3 is 9.32 Å². The van der Waals surface area contributed by atoms with Crippen LogP contribution in [0.2, 0.25) is 0 Å². The fourth-order valence-electron chi connectivity index (χ4n) is 7.68. The molecule has 0 aliphatic rings. The van der Waals surface area contributed by atoms with Crippen molar-refractivity contribution >= 4 is 60.5 Å². The molecule has 0 aliphatic heterocycles. The Bertz CT molecular complexity index is 2870. The third kappa shape index (κ3) is 5.12. The lowest BCUT2D eigenvalue weighted by Gasteiger charge is -2.28. The van der Waals surface area contributed by atoms with Gasteiger partial charge in [-0.2, -0.15) is 0 Å². The van der Waals surface area contributed by atoms with Crippen LogP contribution in [0.1, 0.15) is 0 Å². The molecule has 2 heteroatoms. The number of benzene rings is 9. The predicted octanol–water partition coefficient (Wildman–Crippen LogP) is 14.4. The van der Waals surface area contributed by atoms with Gasteiger partial charge in [-0.25, -0.2) is 0 Å². The second-order valence-corrected chi connectivity index (χ2v) is 13.3. The van der Waals surface area contributed by atoms with E-state index in [0.29, 0.717) is 0 Å². The number of nitrogens with zero attached hydrogens (tertiary/aromatic N) is 1. The smallest absolute Gasteiger partial charge is 0.145 e. The highest BCUT2D eigenvalue weighted by molar-refractivity contribution is 6.20. The Morgan fingerprint density at radius 2 is 0.846 bits per heavy atom. The maximum absolute atomic E-state index is 6.87. The fourth-order valence-corrected chi connectivity index (χ4v) is 7.68. The van der Waals surface area contributed by atoms with Crippen LogP contribution in [-0.2, 0) is 0 Å². The van der Waals surface area contributed by atoms with Crippen LogP contribution >= 0.6 is 0 Å². The number of rotatable bonds is 6. The van der Waals surface area contributed by atoms with Crippen LogP contribution in [-0.4, -0.2) is 0 Å². The Labute approximate surface area is 302 Å². The Morgan fingerprint density at radius 3 is 1.56 bits per heavy atom. The molecule has 10 aromatic rings. The van der Waals surface area contributed by atoms with Gasteiger partial charge in [0.1, 0.15) is 11.2 Å². The molecule has 0 aliphatic carbocycles. The molecule has 0 atom stereocenters. The molecule has 10 rings (SSSR count). The van der Waals surface area contributed by atoms with Crippen molar-refractivity contribution in [2.24, 2.45) is 0 Å². The summed E-state index contributed by atoms with van der Waals surface area (Å²) in [6, 6.07) is 71.6.